The third-order valence-electron chi connectivity index (χ3n) is 3.07. The highest BCUT2D eigenvalue weighted by Gasteiger charge is 2.10. The quantitative estimate of drug-likeness (QED) is 0.715. The Hall–Kier alpha value is -1.46. The molecule has 2 aromatic carbocycles. The second-order valence-corrected chi connectivity index (χ2v) is 5.71. The van der Waals surface area contributed by atoms with Crippen LogP contribution in [0.4, 0.5) is 0 Å². The van der Waals surface area contributed by atoms with Gasteiger partial charge in [0.2, 0.25) is 0 Å². The Morgan fingerprint density at radius 1 is 0.957 bits per heavy atom. The van der Waals surface area contributed by atoms with E-state index in [-0.39, 0.29) is 24.8 Å². The van der Waals surface area contributed by atoms with Crippen LogP contribution in [0.2, 0.25) is 0 Å². The minimum absolute atomic E-state index is 0. The molecule has 1 N–H and O–H groups in total. The maximum atomic E-state index is 4.74. The molecule has 6 heteroatoms. The molecule has 0 radical (unpaired) electrons. The first-order valence-electron chi connectivity index (χ1n) is 6.88. The van der Waals surface area contributed by atoms with Crippen molar-refractivity contribution in [1.29, 1.82) is 0 Å². The lowest BCUT2D eigenvalue weighted by molar-refractivity contribution is 0.790. The number of nitrogens with one attached hydrogen (secondary N) is 1. The third kappa shape index (κ3) is 5.01. The lowest BCUT2D eigenvalue weighted by atomic mass is 10.3. The van der Waals surface area contributed by atoms with E-state index >= 15 is 0 Å². The second kappa shape index (κ2) is 9.63. The summed E-state index contributed by atoms with van der Waals surface area (Å²) in [7, 11) is 1.94. The first-order valence-corrected chi connectivity index (χ1v) is 7.69. The molecule has 1 heterocycles. The van der Waals surface area contributed by atoms with Crippen molar-refractivity contribution in [3.63, 3.8) is 0 Å². The smallest absolute Gasteiger partial charge is 0.177 e. The van der Waals surface area contributed by atoms with E-state index in [1.807, 2.05) is 43.4 Å². The van der Waals surface area contributed by atoms with E-state index in [0.29, 0.717) is 0 Å². The molecule has 0 amide bonds. The highest BCUT2D eigenvalue weighted by Crippen LogP contribution is 2.28. The average Bonchev–Trinajstić information content (AvgIpc) is 2.92. The van der Waals surface area contributed by atoms with Crippen LogP contribution >= 0.6 is 36.6 Å². The van der Waals surface area contributed by atoms with Gasteiger partial charge in [-0.1, -0.05) is 48.2 Å². The van der Waals surface area contributed by atoms with Gasteiger partial charge in [-0.3, -0.25) is 4.57 Å². The lowest BCUT2D eigenvalue weighted by Crippen LogP contribution is -2.04. The molecule has 0 saturated carbocycles. The van der Waals surface area contributed by atoms with E-state index in [4.69, 9.17) is 4.98 Å². The molecule has 0 spiro atoms. The normalized spacial score (nSPS) is 9.78. The third-order valence-corrected chi connectivity index (χ3v) is 4.05. The van der Waals surface area contributed by atoms with E-state index in [9.17, 15) is 0 Å². The summed E-state index contributed by atoms with van der Waals surface area (Å²) in [5.41, 5.74) is 2.17. The number of aromatic nitrogens is 2. The van der Waals surface area contributed by atoms with Gasteiger partial charge in [-0.15, -0.1) is 24.8 Å². The number of para-hydroxylation sites is 1. The topological polar surface area (TPSA) is 29.9 Å². The molecular formula is C17H19Cl2N3S. The van der Waals surface area contributed by atoms with Gasteiger partial charge in [-0.05, 0) is 31.3 Å². The molecule has 0 aliphatic heterocycles. The molecule has 0 fully saturated rings. The van der Waals surface area contributed by atoms with Crippen LogP contribution in [0.1, 0.15) is 5.69 Å². The number of halogens is 2. The summed E-state index contributed by atoms with van der Waals surface area (Å²) in [6.45, 7) is 0.766. The molecule has 1 aromatic heterocycles. The Morgan fingerprint density at radius 3 is 2.17 bits per heavy atom. The highest BCUT2D eigenvalue weighted by molar-refractivity contribution is 7.99. The number of rotatable bonds is 5. The summed E-state index contributed by atoms with van der Waals surface area (Å²) in [5.74, 6) is 0. The Morgan fingerprint density at radius 2 is 1.57 bits per heavy atom. The second-order valence-electron chi connectivity index (χ2n) is 4.67. The minimum atomic E-state index is 0. The van der Waals surface area contributed by atoms with Crippen molar-refractivity contribution in [2.45, 2.75) is 16.6 Å². The van der Waals surface area contributed by atoms with Crippen molar-refractivity contribution in [3.05, 3.63) is 72.6 Å². The molecule has 23 heavy (non-hydrogen) atoms. The van der Waals surface area contributed by atoms with Crippen LogP contribution in [0.3, 0.4) is 0 Å². The maximum Gasteiger partial charge on any atom is 0.177 e. The zero-order valence-corrected chi connectivity index (χ0v) is 15.1. The molecule has 0 atom stereocenters. The van der Waals surface area contributed by atoms with Crippen LogP contribution in [0.25, 0.3) is 5.69 Å². The van der Waals surface area contributed by atoms with Crippen LogP contribution in [0.5, 0.6) is 0 Å². The molecule has 3 aromatic rings. The minimum Gasteiger partial charge on any atom is -0.314 e. The van der Waals surface area contributed by atoms with E-state index < -0.39 is 0 Å². The molecule has 0 aliphatic rings. The summed E-state index contributed by atoms with van der Waals surface area (Å²) in [5, 5.41) is 4.14. The lowest BCUT2D eigenvalue weighted by Gasteiger charge is -2.06. The first-order chi connectivity index (χ1) is 10.4. The van der Waals surface area contributed by atoms with E-state index in [1.54, 1.807) is 11.8 Å². The Labute approximate surface area is 153 Å². The largest absolute Gasteiger partial charge is 0.314 e. The Kier molecular flexibility index (Phi) is 8.20. The fourth-order valence-electron chi connectivity index (χ4n) is 2.12. The number of hydrogen-bond donors (Lipinski definition) is 1. The zero-order chi connectivity index (χ0) is 14.5. The Balaban J connectivity index is 0.00000132. The molecule has 0 aliphatic carbocycles. The predicted octanol–water partition coefficient (Wildman–Crippen LogP) is 4.59. The fourth-order valence-corrected chi connectivity index (χ4v) is 3.04. The van der Waals surface area contributed by atoms with Gasteiger partial charge in [0.15, 0.2) is 5.16 Å². The van der Waals surface area contributed by atoms with E-state index in [2.05, 4.69) is 40.3 Å². The van der Waals surface area contributed by atoms with Gasteiger partial charge in [0.1, 0.15) is 0 Å². The summed E-state index contributed by atoms with van der Waals surface area (Å²) in [6.07, 6.45) is 2.09. The maximum absolute atomic E-state index is 4.74. The van der Waals surface area contributed by atoms with Gasteiger partial charge in [0.05, 0.1) is 5.69 Å². The van der Waals surface area contributed by atoms with Crippen molar-refractivity contribution in [3.8, 4) is 5.69 Å². The van der Waals surface area contributed by atoms with Crippen LogP contribution in [0, 0.1) is 0 Å². The van der Waals surface area contributed by atoms with Crippen molar-refractivity contribution >= 4 is 36.6 Å². The van der Waals surface area contributed by atoms with Gasteiger partial charge >= 0.3 is 0 Å². The van der Waals surface area contributed by atoms with Gasteiger partial charge < -0.3 is 5.32 Å². The van der Waals surface area contributed by atoms with Gasteiger partial charge in [0, 0.05) is 23.3 Å². The van der Waals surface area contributed by atoms with Gasteiger partial charge in [0.25, 0.3) is 0 Å². The van der Waals surface area contributed by atoms with Crippen LogP contribution in [-0.4, -0.2) is 16.6 Å². The number of hydrogen-bond acceptors (Lipinski definition) is 3. The van der Waals surface area contributed by atoms with E-state index in [1.165, 1.54) is 4.90 Å². The molecule has 0 unspecified atom stereocenters. The van der Waals surface area contributed by atoms with Gasteiger partial charge in [-0.25, -0.2) is 4.98 Å². The van der Waals surface area contributed by atoms with Crippen molar-refractivity contribution in [1.82, 2.24) is 14.9 Å². The summed E-state index contributed by atoms with van der Waals surface area (Å²) < 4.78 is 2.14. The number of imidazole rings is 1. The van der Waals surface area contributed by atoms with Crippen LogP contribution in [0.15, 0.2) is 76.9 Å². The number of benzene rings is 2. The van der Waals surface area contributed by atoms with Crippen LogP contribution in [-0.2, 0) is 6.54 Å². The average molecular weight is 368 g/mol. The molecule has 3 nitrogen and oxygen atoms in total. The summed E-state index contributed by atoms with van der Waals surface area (Å²) >= 11 is 1.68. The first kappa shape index (κ1) is 19.6. The predicted molar refractivity (Wildman–Crippen MR) is 101 cm³/mol. The monoisotopic (exact) mass is 367 g/mol. The Bertz CT molecular complexity index is 702. The number of nitrogens with zero attached hydrogens (tertiary/aromatic N) is 2. The van der Waals surface area contributed by atoms with E-state index in [0.717, 1.165) is 23.1 Å². The SMILES string of the molecule is CNCc1cn(-c2ccccc2)c(Sc2ccccc2)n1.Cl.Cl. The fraction of sp³-hybridized carbons (Fsp3) is 0.118. The molecule has 0 saturated heterocycles. The highest BCUT2D eigenvalue weighted by atomic mass is 35.5. The summed E-state index contributed by atoms with van der Waals surface area (Å²) in [4.78, 5) is 5.93. The zero-order valence-electron chi connectivity index (χ0n) is 12.7. The van der Waals surface area contributed by atoms with Crippen molar-refractivity contribution in [2.24, 2.45) is 0 Å². The van der Waals surface area contributed by atoms with Crippen molar-refractivity contribution in [2.75, 3.05) is 7.05 Å². The van der Waals surface area contributed by atoms with Gasteiger partial charge in [-0.2, -0.15) is 0 Å². The van der Waals surface area contributed by atoms with Crippen LogP contribution < -0.4 is 5.32 Å². The van der Waals surface area contributed by atoms with Crippen molar-refractivity contribution < 1.29 is 0 Å². The molecular weight excluding hydrogens is 349 g/mol. The standard InChI is InChI=1S/C17H17N3S.2ClH/c1-18-12-14-13-20(15-8-4-2-5-9-15)17(19-14)21-16-10-6-3-7-11-16;;/h2-11,13,18H,12H2,1H3;2*1H. The molecule has 0 bridgehead atoms. The summed E-state index contributed by atoms with van der Waals surface area (Å²) in [6, 6.07) is 20.6. The molecule has 3 rings (SSSR count). The molecule has 122 valence electrons.